The molecule has 0 amide bonds. The third-order valence-corrected chi connectivity index (χ3v) is 6.43. The molecular weight excluding hydrogens is 352 g/mol. The van der Waals surface area contributed by atoms with E-state index < -0.39 is 9.53 Å². The Hall–Kier alpha value is 0.0969. The molecule has 0 N–H and O–H groups in total. The molecule has 4 heteroatoms. The van der Waals surface area contributed by atoms with Gasteiger partial charge in [0.1, 0.15) is 0 Å². The van der Waals surface area contributed by atoms with Crippen LogP contribution in [0.15, 0.2) is 0 Å². The molecule has 0 saturated heterocycles. The van der Waals surface area contributed by atoms with E-state index in [0.717, 1.165) is 0 Å². The van der Waals surface area contributed by atoms with Gasteiger partial charge in [0.15, 0.2) is 0 Å². The fraction of sp³-hybridized carbons (Fsp3) is 1.00. The molecule has 0 aromatic heterocycles. The minimum Gasteiger partial charge on any atom is -0.376 e. The van der Waals surface area contributed by atoms with Gasteiger partial charge in [0.05, 0.1) is 0 Å². The molecule has 0 aromatic rings. The van der Waals surface area contributed by atoms with E-state index in [0.29, 0.717) is 19.8 Å². The molecule has 0 aliphatic carbocycles. The Morgan fingerprint density at radius 1 is 0.370 bits per heavy atom. The number of hydrogen-bond acceptors (Lipinski definition) is 3. The molecule has 0 rings (SSSR count). The molecule has 0 aromatic carbocycles. The zero-order valence-electron chi connectivity index (χ0n) is 19.5. The Balaban J connectivity index is 0. The highest BCUT2D eigenvalue weighted by molar-refractivity contribution is 6.36. The molecule has 0 heterocycles. The van der Waals surface area contributed by atoms with E-state index in [-0.39, 0.29) is 0 Å². The van der Waals surface area contributed by atoms with Crippen molar-refractivity contribution in [3.05, 3.63) is 0 Å². The molecule has 0 atom stereocenters. The highest BCUT2D eigenvalue weighted by Crippen LogP contribution is 2.13. The molecule has 3 nitrogen and oxygen atoms in total. The lowest BCUT2D eigenvalue weighted by Gasteiger charge is -2.12. The average molecular weight is 405 g/mol. The Morgan fingerprint density at radius 3 is 0.778 bits per heavy atom. The molecule has 0 unspecified atom stereocenters. The second-order valence-corrected chi connectivity index (χ2v) is 8.83. The summed E-state index contributed by atoms with van der Waals surface area (Å²) < 4.78 is 15.7. The van der Waals surface area contributed by atoms with Crippen LogP contribution in [0.1, 0.15) is 131 Å². The second kappa shape index (κ2) is 28.3. The summed E-state index contributed by atoms with van der Waals surface area (Å²) in [5.41, 5.74) is 0. The van der Waals surface area contributed by atoms with Gasteiger partial charge in [-0.25, -0.2) is 0 Å². The molecule has 0 spiro atoms. The predicted molar refractivity (Wildman–Crippen MR) is 123 cm³/mol. The van der Waals surface area contributed by atoms with Gasteiger partial charge < -0.3 is 13.3 Å². The van der Waals surface area contributed by atoms with Gasteiger partial charge in [0.2, 0.25) is 0 Å². The molecule has 27 heavy (non-hydrogen) atoms. The maximum absolute atomic E-state index is 5.22. The van der Waals surface area contributed by atoms with Gasteiger partial charge in [-0.2, -0.15) is 0 Å². The van der Waals surface area contributed by atoms with Crippen LogP contribution in [0.25, 0.3) is 0 Å². The predicted octanol–water partition coefficient (Wildman–Crippen LogP) is 7.69. The smallest absolute Gasteiger partial charge is 0.376 e. The Morgan fingerprint density at radius 2 is 0.593 bits per heavy atom. The van der Waals surface area contributed by atoms with Crippen molar-refractivity contribution in [2.75, 3.05) is 19.8 Å². The van der Waals surface area contributed by atoms with Crippen LogP contribution >= 0.6 is 0 Å². The normalized spacial score (nSPS) is 10.9. The Bertz CT molecular complexity index is 211. The zero-order chi connectivity index (χ0) is 20.4. The van der Waals surface area contributed by atoms with Gasteiger partial charge >= 0.3 is 9.53 Å². The van der Waals surface area contributed by atoms with Crippen LogP contribution in [-0.4, -0.2) is 29.3 Å². The number of rotatable bonds is 20. The fourth-order valence-corrected chi connectivity index (χ4v) is 4.10. The molecule has 0 saturated carbocycles. The molecule has 166 valence electrons. The summed E-state index contributed by atoms with van der Waals surface area (Å²) in [4.78, 5) is 0. The summed E-state index contributed by atoms with van der Waals surface area (Å²) >= 11 is 0. The van der Waals surface area contributed by atoms with Crippen LogP contribution in [0.2, 0.25) is 0 Å². The highest BCUT2D eigenvalue weighted by atomic mass is 28.3. The van der Waals surface area contributed by atoms with Gasteiger partial charge in [-0.15, -0.1) is 0 Å². The Kier molecular flexibility index (Phi) is 30.7. The first-order chi connectivity index (χ1) is 13.3. The van der Waals surface area contributed by atoms with Crippen molar-refractivity contribution >= 4 is 9.53 Å². The van der Waals surface area contributed by atoms with Crippen molar-refractivity contribution in [3.8, 4) is 0 Å². The first kappa shape index (κ1) is 29.3. The van der Waals surface area contributed by atoms with Gasteiger partial charge in [-0.1, -0.05) is 110 Å². The van der Waals surface area contributed by atoms with Crippen LogP contribution in [0.3, 0.4) is 0 Å². The van der Waals surface area contributed by atoms with Crippen molar-refractivity contribution in [3.63, 3.8) is 0 Å². The van der Waals surface area contributed by atoms with Crippen molar-refractivity contribution < 1.29 is 13.3 Å². The van der Waals surface area contributed by atoms with Gasteiger partial charge in [0.25, 0.3) is 0 Å². The topological polar surface area (TPSA) is 27.7 Å². The van der Waals surface area contributed by atoms with Gasteiger partial charge in [-0.05, 0) is 20.8 Å². The lowest BCUT2D eigenvalue weighted by Crippen LogP contribution is -2.27. The Labute approximate surface area is 173 Å². The van der Waals surface area contributed by atoms with Crippen LogP contribution < -0.4 is 0 Å². The molecule has 0 fully saturated rings. The van der Waals surface area contributed by atoms with Gasteiger partial charge in [0, 0.05) is 19.8 Å². The average Bonchev–Trinajstić information content (AvgIpc) is 2.67. The van der Waals surface area contributed by atoms with E-state index in [4.69, 9.17) is 13.3 Å². The standard InChI is InChI=1S/C17H36.C6H16O3Si/c1-3-5-7-9-11-13-15-17-16-14-12-10-8-6-4-2;1-4-7-10(8-5-2)9-6-3/h3-17H2,1-2H3;10H,4-6H2,1-3H3. The molecule has 0 aliphatic rings. The number of unbranched alkanes of at least 4 members (excludes halogenated alkanes) is 14. The van der Waals surface area contributed by atoms with Crippen LogP contribution in [-0.2, 0) is 13.3 Å². The van der Waals surface area contributed by atoms with Crippen LogP contribution in [0.4, 0.5) is 0 Å². The highest BCUT2D eigenvalue weighted by Gasteiger charge is 2.11. The summed E-state index contributed by atoms with van der Waals surface area (Å²) in [7, 11) is -1.73. The fourth-order valence-electron chi connectivity index (χ4n) is 3.00. The lowest BCUT2D eigenvalue weighted by atomic mass is 10.0. The third-order valence-electron chi connectivity index (χ3n) is 4.62. The van der Waals surface area contributed by atoms with E-state index in [1.807, 2.05) is 20.8 Å². The van der Waals surface area contributed by atoms with Crippen LogP contribution in [0, 0.1) is 0 Å². The zero-order valence-corrected chi connectivity index (χ0v) is 20.7. The number of hydrogen-bond donors (Lipinski definition) is 0. The maximum Gasteiger partial charge on any atom is 0.484 e. The monoisotopic (exact) mass is 404 g/mol. The largest absolute Gasteiger partial charge is 0.484 e. The van der Waals surface area contributed by atoms with E-state index in [1.165, 1.54) is 96.3 Å². The van der Waals surface area contributed by atoms with Crippen LogP contribution in [0.5, 0.6) is 0 Å². The van der Waals surface area contributed by atoms with E-state index in [9.17, 15) is 0 Å². The molecule has 0 radical (unpaired) electrons. The first-order valence-corrected chi connectivity index (χ1v) is 13.5. The maximum atomic E-state index is 5.22. The SMILES string of the molecule is CCCCCCCCCCCCCCCCC.CCO[SiH](OCC)OCC. The summed E-state index contributed by atoms with van der Waals surface area (Å²) in [5, 5.41) is 0. The van der Waals surface area contributed by atoms with Crippen molar-refractivity contribution in [1.82, 2.24) is 0 Å². The van der Waals surface area contributed by atoms with E-state index in [1.54, 1.807) is 0 Å². The molecule has 0 bridgehead atoms. The quantitative estimate of drug-likeness (QED) is 0.154. The van der Waals surface area contributed by atoms with Crippen molar-refractivity contribution in [2.45, 2.75) is 131 Å². The summed E-state index contributed by atoms with van der Waals surface area (Å²) in [6.45, 7) is 12.4. The van der Waals surface area contributed by atoms with Crippen molar-refractivity contribution in [2.24, 2.45) is 0 Å². The van der Waals surface area contributed by atoms with Crippen molar-refractivity contribution in [1.29, 1.82) is 0 Å². The summed E-state index contributed by atoms with van der Waals surface area (Å²) in [6.07, 6.45) is 21.9. The lowest BCUT2D eigenvalue weighted by molar-refractivity contribution is 0.107. The summed E-state index contributed by atoms with van der Waals surface area (Å²) in [6, 6.07) is 0. The van der Waals surface area contributed by atoms with Gasteiger partial charge in [-0.3, -0.25) is 0 Å². The summed E-state index contributed by atoms with van der Waals surface area (Å²) in [5.74, 6) is 0. The van der Waals surface area contributed by atoms with E-state index >= 15 is 0 Å². The minimum atomic E-state index is -1.73. The second-order valence-electron chi connectivity index (χ2n) is 7.25. The van der Waals surface area contributed by atoms with E-state index in [2.05, 4.69) is 13.8 Å². The molecular formula is C23H52O3Si. The molecule has 0 aliphatic heterocycles. The first-order valence-electron chi connectivity index (χ1n) is 12.1. The minimum absolute atomic E-state index is 0.677. The third kappa shape index (κ3) is 28.4.